The van der Waals surface area contributed by atoms with Crippen molar-refractivity contribution in [3.05, 3.63) is 12.7 Å². The van der Waals surface area contributed by atoms with Crippen molar-refractivity contribution in [2.75, 3.05) is 13.6 Å². The van der Waals surface area contributed by atoms with Gasteiger partial charge in [-0.05, 0) is 24.7 Å². The number of nitrogens with zero attached hydrogens (tertiary/aromatic N) is 1. The van der Waals surface area contributed by atoms with Crippen molar-refractivity contribution in [3.63, 3.8) is 0 Å². The van der Waals surface area contributed by atoms with Crippen LogP contribution in [0.25, 0.3) is 0 Å². The molecule has 0 spiro atoms. The largest absolute Gasteiger partial charge is 0.344 e. The minimum atomic E-state index is -0.416. The molecule has 1 amide bonds. The van der Waals surface area contributed by atoms with Crippen LogP contribution in [0.4, 0.5) is 0 Å². The fourth-order valence-electron chi connectivity index (χ4n) is 1.53. The van der Waals surface area contributed by atoms with E-state index in [1.54, 1.807) is 4.90 Å². The maximum atomic E-state index is 12.0. The van der Waals surface area contributed by atoms with E-state index in [9.17, 15) is 4.79 Å². The maximum Gasteiger partial charge on any atom is 0.239 e. The monoisotopic (exact) mass is 240 g/mol. The summed E-state index contributed by atoms with van der Waals surface area (Å²) in [5.41, 5.74) is 5.77. The van der Waals surface area contributed by atoms with Crippen LogP contribution in [-0.4, -0.2) is 30.4 Å². The van der Waals surface area contributed by atoms with Gasteiger partial charge in [0.25, 0.3) is 0 Å². The van der Waals surface area contributed by atoms with Gasteiger partial charge in [0, 0.05) is 13.6 Å². The first-order chi connectivity index (χ1) is 7.80. The summed E-state index contributed by atoms with van der Waals surface area (Å²) in [6.07, 6.45) is 6.31. The van der Waals surface area contributed by atoms with Gasteiger partial charge in [-0.25, -0.2) is 0 Å². The highest BCUT2D eigenvalue weighted by Gasteiger charge is 2.29. The van der Waals surface area contributed by atoms with Crippen molar-refractivity contribution in [2.24, 2.45) is 11.1 Å². The Labute approximate surface area is 106 Å². The average molecular weight is 240 g/mol. The van der Waals surface area contributed by atoms with E-state index < -0.39 is 6.04 Å². The highest BCUT2D eigenvalue weighted by Crippen LogP contribution is 2.18. The molecule has 0 fully saturated rings. The lowest BCUT2D eigenvalue weighted by Gasteiger charge is -2.30. The van der Waals surface area contributed by atoms with E-state index in [-0.39, 0.29) is 11.3 Å². The second-order valence-corrected chi connectivity index (χ2v) is 5.74. The van der Waals surface area contributed by atoms with Crippen LogP contribution in [0.2, 0.25) is 0 Å². The Bertz CT molecular complexity index is 243. The van der Waals surface area contributed by atoms with Crippen LogP contribution in [0, 0.1) is 5.41 Å². The summed E-state index contributed by atoms with van der Waals surface area (Å²) in [6, 6.07) is -0.416. The van der Waals surface area contributed by atoms with E-state index in [2.05, 4.69) is 6.58 Å². The van der Waals surface area contributed by atoms with E-state index in [0.717, 1.165) is 32.2 Å². The molecule has 0 aliphatic heterocycles. The number of hydrogen-bond acceptors (Lipinski definition) is 2. The first-order valence-electron chi connectivity index (χ1n) is 6.42. The molecule has 3 heteroatoms. The van der Waals surface area contributed by atoms with Gasteiger partial charge in [0.1, 0.15) is 0 Å². The molecule has 0 heterocycles. The Morgan fingerprint density at radius 1 is 1.35 bits per heavy atom. The number of allylic oxidation sites excluding steroid dienone is 1. The van der Waals surface area contributed by atoms with Crippen molar-refractivity contribution in [3.8, 4) is 0 Å². The quantitative estimate of drug-likeness (QED) is 0.549. The zero-order chi connectivity index (χ0) is 13.5. The highest BCUT2D eigenvalue weighted by atomic mass is 16.2. The third kappa shape index (κ3) is 6.47. The highest BCUT2D eigenvalue weighted by molar-refractivity contribution is 5.82. The first kappa shape index (κ1) is 16.2. The summed E-state index contributed by atoms with van der Waals surface area (Å²) in [5, 5.41) is 0. The third-order valence-electron chi connectivity index (χ3n) is 2.98. The van der Waals surface area contributed by atoms with Crippen molar-refractivity contribution in [1.82, 2.24) is 4.90 Å². The Balaban J connectivity index is 3.94. The van der Waals surface area contributed by atoms with E-state index in [0.29, 0.717) is 0 Å². The van der Waals surface area contributed by atoms with Crippen molar-refractivity contribution >= 4 is 5.91 Å². The summed E-state index contributed by atoms with van der Waals surface area (Å²) in [6.45, 7) is 10.5. The molecular weight excluding hydrogens is 212 g/mol. The zero-order valence-corrected chi connectivity index (χ0v) is 11.8. The molecule has 100 valence electrons. The van der Waals surface area contributed by atoms with E-state index in [1.165, 1.54) is 0 Å². The second-order valence-electron chi connectivity index (χ2n) is 5.74. The lowest BCUT2D eigenvalue weighted by Crippen LogP contribution is -2.49. The van der Waals surface area contributed by atoms with E-state index in [4.69, 9.17) is 5.73 Å². The Morgan fingerprint density at radius 3 is 2.41 bits per heavy atom. The molecule has 0 saturated heterocycles. The molecule has 0 unspecified atom stereocenters. The minimum Gasteiger partial charge on any atom is -0.344 e. The fourth-order valence-corrected chi connectivity index (χ4v) is 1.53. The summed E-state index contributed by atoms with van der Waals surface area (Å²) in [7, 11) is 1.83. The van der Waals surface area contributed by atoms with Gasteiger partial charge >= 0.3 is 0 Å². The molecule has 0 rings (SSSR count). The summed E-state index contributed by atoms with van der Waals surface area (Å²) in [5.74, 6) is 0.0428. The van der Waals surface area contributed by atoms with Crippen LogP contribution in [0.3, 0.4) is 0 Å². The van der Waals surface area contributed by atoms with Gasteiger partial charge in [-0.1, -0.05) is 33.3 Å². The Morgan fingerprint density at radius 2 is 1.94 bits per heavy atom. The number of rotatable bonds is 7. The molecular formula is C14H28N2O. The molecule has 0 aromatic rings. The maximum absolute atomic E-state index is 12.0. The van der Waals surface area contributed by atoms with E-state index >= 15 is 0 Å². The number of likely N-dealkylation sites (N-methyl/N-ethyl adjacent to an activating group) is 1. The van der Waals surface area contributed by atoms with Crippen molar-refractivity contribution in [2.45, 2.75) is 52.5 Å². The van der Waals surface area contributed by atoms with Gasteiger partial charge in [-0.3, -0.25) is 4.79 Å². The number of amides is 1. The zero-order valence-electron chi connectivity index (χ0n) is 11.8. The standard InChI is InChI=1S/C14H28N2O/c1-6-7-8-9-10-11-16(5)13(17)12(15)14(2,3)4/h6,12H,1,7-11,15H2,2-5H3/t12-/m1/s1. The molecule has 0 aliphatic carbocycles. The molecule has 0 aliphatic rings. The number of hydrogen-bond donors (Lipinski definition) is 1. The number of carbonyl (C=O) groups excluding carboxylic acids is 1. The normalized spacial score (nSPS) is 13.2. The lowest BCUT2D eigenvalue weighted by molar-refractivity contribution is -0.133. The second kappa shape index (κ2) is 7.49. The predicted molar refractivity (Wildman–Crippen MR) is 73.7 cm³/mol. The Kier molecular flexibility index (Phi) is 7.12. The smallest absolute Gasteiger partial charge is 0.239 e. The molecule has 0 radical (unpaired) electrons. The van der Waals surface area contributed by atoms with Crippen molar-refractivity contribution < 1.29 is 4.79 Å². The minimum absolute atomic E-state index is 0.0428. The SMILES string of the molecule is C=CCCCCCN(C)C(=O)[C@@H](N)C(C)(C)C. The first-order valence-corrected chi connectivity index (χ1v) is 6.42. The molecule has 3 nitrogen and oxygen atoms in total. The van der Waals surface area contributed by atoms with Gasteiger partial charge in [-0.15, -0.1) is 6.58 Å². The molecule has 0 aromatic heterocycles. The van der Waals surface area contributed by atoms with Crippen LogP contribution in [0.15, 0.2) is 12.7 Å². The van der Waals surface area contributed by atoms with Gasteiger partial charge in [-0.2, -0.15) is 0 Å². The molecule has 0 saturated carbocycles. The molecule has 17 heavy (non-hydrogen) atoms. The van der Waals surface area contributed by atoms with Crippen LogP contribution in [0.5, 0.6) is 0 Å². The summed E-state index contributed by atoms with van der Waals surface area (Å²) < 4.78 is 0. The average Bonchev–Trinajstić information content (AvgIpc) is 2.25. The summed E-state index contributed by atoms with van der Waals surface area (Å²) >= 11 is 0. The third-order valence-corrected chi connectivity index (χ3v) is 2.98. The van der Waals surface area contributed by atoms with Gasteiger partial charge < -0.3 is 10.6 Å². The molecule has 2 N–H and O–H groups in total. The summed E-state index contributed by atoms with van der Waals surface area (Å²) in [4.78, 5) is 13.7. The topological polar surface area (TPSA) is 46.3 Å². The Hall–Kier alpha value is -0.830. The number of unbranched alkanes of at least 4 members (excludes halogenated alkanes) is 3. The number of nitrogens with two attached hydrogens (primary N) is 1. The van der Waals surface area contributed by atoms with Gasteiger partial charge in [0.15, 0.2) is 0 Å². The van der Waals surface area contributed by atoms with Crippen molar-refractivity contribution in [1.29, 1.82) is 0 Å². The van der Waals surface area contributed by atoms with Crippen LogP contribution < -0.4 is 5.73 Å². The van der Waals surface area contributed by atoms with Gasteiger partial charge in [0.05, 0.1) is 6.04 Å². The molecule has 1 atom stereocenters. The number of carbonyl (C=O) groups is 1. The molecule has 0 aromatic carbocycles. The fraction of sp³-hybridized carbons (Fsp3) is 0.786. The van der Waals surface area contributed by atoms with Crippen LogP contribution in [0.1, 0.15) is 46.5 Å². The molecule has 0 bridgehead atoms. The predicted octanol–water partition coefficient (Wildman–Crippen LogP) is 2.56. The lowest BCUT2D eigenvalue weighted by atomic mass is 9.86. The van der Waals surface area contributed by atoms with Gasteiger partial charge in [0.2, 0.25) is 5.91 Å². The van der Waals surface area contributed by atoms with Crippen LogP contribution >= 0.6 is 0 Å². The van der Waals surface area contributed by atoms with Crippen LogP contribution in [-0.2, 0) is 4.79 Å². The van der Waals surface area contributed by atoms with E-state index in [1.807, 2.05) is 33.9 Å².